The summed E-state index contributed by atoms with van der Waals surface area (Å²) in [6, 6.07) is 1.96. The van der Waals surface area contributed by atoms with Crippen LogP contribution in [0.1, 0.15) is 46.4 Å². The highest BCUT2D eigenvalue weighted by Crippen LogP contribution is 2.20. The Morgan fingerprint density at radius 2 is 2.11 bits per heavy atom. The van der Waals surface area contributed by atoms with Crippen molar-refractivity contribution in [3.05, 3.63) is 18.0 Å². The zero-order valence-electron chi connectivity index (χ0n) is 12.7. The van der Waals surface area contributed by atoms with E-state index in [-0.39, 0.29) is 17.4 Å². The number of esters is 1. The van der Waals surface area contributed by atoms with E-state index >= 15 is 0 Å². The van der Waals surface area contributed by atoms with Crippen LogP contribution in [0.15, 0.2) is 12.3 Å². The van der Waals surface area contributed by atoms with Crippen molar-refractivity contribution in [1.82, 2.24) is 15.1 Å². The van der Waals surface area contributed by atoms with Crippen molar-refractivity contribution in [2.75, 3.05) is 7.11 Å². The maximum absolute atomic E-state index is 11.8. The Labute approximate surface area is 115 Å². The first-order valence-corrected chi connectivity index (χ1v) is 6.61. The van der Waals surface area contributed by atoms with E-state index in [1.54, 1.807) is 0 Å². The van der Waals surface area contributed by atoms with Crippen LogP contribution in [0.2, 0.25) is 0 Å². The fourth-order valence-electron chi connectivity index (χ4n) is 1.83. The smallest absolute Gasteiger partial charge is 0.323 e. The van der Waals surface area contributed by atoms with Gasteiger partial charge in [0, 0.05) is 18.8 Å². The summed E-state index contributed by atoms with van der Waals surface area (Å²) < 4.78 is 6.75. The van der Waals surface area contributed by atoms with Crippen LogP contribution in [0.5, 0.6) is 0 Å². The second-order valence-electron chi connectivity index (χ2n) is 6.08. The third-order valence-electron chi connectivity index (χ3n) is 2.98. The van der Waals surface area contributed by atoms with E-state index in [1.807, 2.05) is 37.7 Å². The van der Waals surface area contributed by atoms with Crippen LogP contribution in [0.3, 0.4) is 0 Å². The molecule has 19 heavy (non-hydrogen) atoms. The van der Waals surface area contributed by atoms with Crippen molar-refractivity contribution in [3.63, 3.8) is 0 Å². The molecule has 0 fully saturated rings. The first-order valence-electron chi connectivity index (χ1n) is 6.61. The molecule has 1 N–H and O–H groups in total. The summed E-state index contributed by atoms with van der Waals surface area (Å²) in [5.41, 5.74) is 0.722. The topological polar surface area (TPSA) is 56.1 Å². The van der Waals surface area contributed by atoms with Crippen molar-refractivity contribution in [2.45, 2.75) is 53.2 Å². The molecular formula is C14H25N3O2. The highest BCUT2D eigenvalue weighted by molar-refractivity contribution is 5.76. The molecule has 1 aromatic heterocycles. The molecule has 0 saturated heterocycles. The van der Waals surface area contributed by atoms with Crippen molar-refractivity contribution >= 4 is 5.97 Å². The molecule has 0 radical (unpaired) electrons. The van der Waals surface area contributed by atoms with Gasteiger partial charge in [-0.05, 0) is 25.3 Å². The number of nitrogens with zero attached hydrogens (tertiary/aromatic N) is 2. The largest absolute Gasteiger partial charge is 0.468 e. The lowest BCUT2D eigenvalue weighted by Gasteiger charge is -2.28. The summed E-state index contributed by atoms with van der Waals surface area (Å²) in [7, 11) is 1.41. The van der Waals surface area contributed by atoms with Crippen molar-refractivity contribution in [3.8, 4) is 0 Å². The molecular weight excluding hydrogens is 242 g/mol. The van der Waals surface area contributed by atoms with E-state index in [2.05, 4.69) is 24.3 Å². The summed E-state index contributed by atoms with van der Waals surface area (Å²) >= 11 is 0. The Morgan fingerprint density at radius 3 is 2.53 bits per heavy atom. The molecule has 0 bridgehead atoms. The number of ether oxygens (including phenoxy) is 1. The van der Waals surface area contributed by atoms with E-state index in [0.29, 0.717) is 12.6 Å². The van der Waals surface area contributed by atoms with Crippen LogP contribution in [-0.4, -0.2) is 28.9 Å². The van der Waals surface area contributed by atoms with Gasteiger partial charge in [-0.2, -0.15) is 5.10 Å². The third-order valence-corrected chi connectivity index (χ3v) is 2.98. The van der Waals surface area contributed by atoms with Gasteiger partial charge in [-0.1, -0.05) is 20.8 Å². The first kappa shape index (κ1) is 15.7. The van der Waals surface area contributed by atoms with Gasteiger partial charge in [0.05, 0.1) is 12.8 Å². The van der Waals surface area contributed by atoms with Crippen LogP contribution >= 0.6 is 0 Å². The van der Waals surface area contributed by atoms with E-state index in [0.717, 1.165) is 5.69 Å². The number of aromatic nitrogens is 2. The molecule has 0 aliphatic rings. The summed E-state index contributed by atoms with van der Waals surface area (Å²) in [4.78, 5) is 11.8. The van der Waals surface area contributed by atoms with E-state index in [1.165, 1.54) is 7.11 Å². The summed E-state index contributed by atoms with van der Waals surface area (Å²) in [6.45, 7) is 10.7. The molecule has 108 valence electrons. The monoisotopic (exact) mass is 267 g/mol. The Balaban J connectivity index is 2.68. The lowest BCUT2D eigenvalue weighted by atomic mass is 9.86. The quantitative estimate of drug-likeness (QED) is 0.830. The predicted octanol–water partition coefficient (Wildman–Crippen LogP) is 2.14. The van der Waals surface area contributed by atoms with Crippen molar-refractivity contribution in [1.29, 1.82) is 0 Å². The number of methoxy groups -OCH3 is 1. The fraction of sp³-hybridized carbons (Fsp3) is 0.714. The highest BCUT2D eigenvalue weighted by atomic mass is 16.5. The number of carbonyl (C=O) groups excluding carboxylic acids is 1. The first-order chi connectivity index (χ1) is 8.75. The second-order valence-corrected chi connectivity index (χ2v) is 6.08. The average molecular weight is 267 g/mol. The van der Waals surface area contributed by atoms with Gasteiger partial charge in [0.2, 0.25) is 0 Å². The molecule has 0 saturated carbocycles. The number of carbonyl (C=O) groups is 1. The van der Waals surface area contributed by atoms with Crippen LogP contribution in [-0.2, 0) is 16.1 Å². The van der Waals surface area contributed by atoms with Gasteiger partial charge in [0.25, 0.3) is 0 Å². The summed E-state index contributed by atoms with van der Waals surface area (Å²) in [5, 5.41) is 7.68. The predicted molar refractivity (Wildman–Crippen MR) is 74.7 cm³/mol. The molecule has 0 amide bonds. The zero-order chi connectivity index (χ0) is 14.6. The van der Waals surface area contributed by atoms with Crippen LogP contribution in [0.4, 0.5) is 0 Å². The Hall–Kier alpha value is -1.36. The molecule has 1 heterocycles. The molecule has 0 aliphatic carbocycles. The summed E-state index contributed by atoms with van der Waals surface area (Å²) in [5.74, 6) is -0.240. The van der Waals surface area contributed by atoms with Crippen LogP contribution in [0.25, 0.3) is 0 Å². The minimum Gasteiger partial charge on any atom is -0.468 e. The lowest BCUT2D eigenvalue weighted by Crippen LogP contribution is -2.46. The molecule has 1 aromatic rings. The minimum absolute atomic E-state index is 0.201. The number of rotatable bonds is 5. The maximum atomic E-state index is 11.8. The van der Waals surface area contributed by atoms with E-state index < -0.39 is 0 Å². The van der Waals surface area contributed by atoms with Crippen molar-refractivity contribution < 1.29 is 9.53 Å². The molecule has 0 unspecified atom stereocenters. The van der Waals surface area contributed by atoms with Gasteiger partial charge >= 0.3 is 5.97 Å². The number of hydrogen-bond donors (Lipinski definition) is 1. The Kier molecular flexibility index (Phi) is 5.11. The minimum atomic E-state index is -0.346. The molecule has 1 rings (SSSR count). The lowest BCUT2D eigenvalue weighted by molar-refractivity contribution is -0.146. The zero-order valence-corrected chi connectivity index (χ0v) is 12.7. The maximum Gasteiger partial charge on any atom is 0.323 e. The SMILES string of the molecule is COC(=O)[C@@H](NCc1ccn(C(C)C)n1)C(C)(C)C. The van der Waals surface area contributed by atoms with Crippen molar-refractivity contribution in [2.24, 2.45) is 5.41 Å². The molecule has 0 aromatic carbocycles. The van der Waals surface area contributed by atoms with Gasteiger partial charge in [0.1, 0.15) is 6.04 Å². The van der Waals surface area contributed by atoms with Gasteiger partial charge in [-0.15, -0.1) is 0 Å². The van der Waals surface area contributed by atoms with Gasteiger partial charge < -0.3 is 4.74 Å². The molecule has 0 aliphatic heterocycles. The second kappa shape index (κ2) is 6.19. The molecule has 5 heteroatoms. The fourth-order valence-corrected chi connectivity index (χ4v) is 1.83. The van der Waals surface area contributed by atoms with E-state index in [4.69, 9.17) is 4.74 Å². The Bertz CT molecular complexity index is 419. The van der Waals surface area contributed by atoms with Gasteiger partial charge in [0.15, 0.2) is 0 Å². The standard InChI is InChI=1S/C14H25N3O2/c1-10(2)17-8-7-11(16-17)9-15-12(13(18)19-6)14(3,4)5/h7-8,10,12,15H,9H2,1-6H3/t12-/m1/s1. The summed E-state index contributed by atoms with van der Waals surface area (Å²) in [6.07, 6.45) is 1.95. The highest BCUT2D eigenvalue weighted by Gasteiger charge is 2.31. The average Bonchev–Trinajstić information content (AvgIpc) is 2.76. The Morgan fingerprint density at radius 1 is 1.47 bits per heavy atom. The van der Waals surface area contributed by atoms with Gasteiger partial charge in [-0.25, -0.2) is 0 Å². The number of nitrogens with one attached hydrogen (secondary N) is 1. The third kappa shape index (κ3) is 4.35. The van der Waals surface area contributed by atoms with Crippen LogP contribution < -0.4 is 5.32 Å². The van der Waals surface area contributed by atoms with Gasteiger partial charge in [-0.3, -0.25) is 14.8 Å². The molecule has 0 spiro atoms. The molecule has 5 nitrogen and oxygen atoms in total. The van der Waals surface area contributed by atoms with E-state index in [9.17, 15) is 4.79 Å². The normalized spacial score (nSPS) is 13.6. The number of hydrogen-bond acceptors (Lipinski definition) is 4. The van der Waals surface area contributed by atoms with Crippen LogP contribution in [0, 0.1) is 5.41 Å². The molecule has 1 atom stereocenters.